The summed E-state index contributed by atoms with van der Waals surface area (Å²) in [6.45, 7) is 2.73. The highest BCUT2D eigenvalue weighted by atomic mass is 16.3. The van der Waals surface area contributed by atoms with E-state index in [4.69, 9.17) is 0 Å². The number of rotatable bonds is 5. The fourth-order valence-electron chi connectivity index (χ4n) is 4.36. The van der Waals surface area contributed by atoms with E-state index in [1.807, 2.05) is 23.1 Å². The van der Waals surface area contributed by atoms with Gasteiger partial charge in [0.1, 0.15) is 5.75 Å². The molecular formula is C23H29N3O2. The number of hydrogen-bond acceptors (Lipinski definition) is 4. The zero-order valence-corrected chi connectivity index (χ0v) is 16.4. The molecular weight excluding hydrogens is 350 g/mol. The monoisotopic (exact) mass is 379 g/mol. The lowest BCUT2D eigenvalue weighted by Crippen LogP contribution is -2.34. The molecule has 2 aliphatic heterocycles. The number of aromatic nitrogens is 1. The number of nitrogens with zero attached hydrogens (tertiary/aromatic N) is 2. The molecule has 0 radical (unpaired) electrons. The minimum absolute atomic E-state index is 0.0388. The van der Waals surface area contributed by atoms with Crippen LogP contribution in [0.2, 0.25) is 0 Å². The van der Waals surface area contributed by atoms with Gasteiger partial charge in [-0.3, -0.25) is 9.78 Å². The first-order chi connectivity index (χ1) is 13.7. The molecule has 2 N–H and O–H groups in total. The average Bonchev–Trinajstić information content (AvgIpc) is 3.27. The first-order valence-electron chi connectivity index (χ1n) is 10.5. The lowest BCUT2D eigenvalue weighted by Gasteiger charge is -2.23. The van der Waals surface area contributed by atoms with E-state index in [2.05, 4.69) is 16.4 Å². The topological polar surface area (TPSA) is 65.5 Å². The Morgan fingerprint density at radius 2 is 2.04 bits per heavy atom. The number of phenols is 1. The van der Waals surface area contributed by atoms with Gasteiger partial charge in [-0.25, -0.2) is 0 Å². The summed E-state index contributed by atoms with van der Waals surface area (Å²) in [5.41, 5.74) is 3.18. The predicted molar refractivity (Wildman–Crippen MR) is 110 cm³/mol. The highest BCUT2D eigenvalue weighted by Crippen LogP contribution is 2.29. The van der Waals surface area contributed by atoms with Gasteiger partial charge in [-0.2, -0.15) is 0 Å². The van der Waals surface area contributed by atoms with Crippen molar-refractivity contribution in [1.82, 2.24) is 15.2 Å². The molecule has 1 aromatic heterocycles. The third-order valence-corrected chi connectivity index (χ3v) is 5.88. The highest BCUT2D eigenvalue weighted by Gasteiger charge is 2.23. The number of phenolic OH excluding ortho intramolecular Hbond substituents is 1. The van der Waals surface area contributed by atoms with Gasteiger partial charge in [0.15, 0.2) is 0 Å². The number of carbonyl (C=O) groups excluding carboxylic acids is 1. The van der Waals surface area contributed by atoms with Crippen LogP contribution in [0.25, 0.3) is 11.3 Å². The molecule has 5 heteroatoms. The molecule has 2 saturated heterocycles. The SMILES string of the molecule is O=C(c1cccnc1-c1cc(O)cc(CC[C@@H]2CCCCN2)c1)N1CCCC1. The number of nitrogens with one attached hydrogen (secondary N) is 1. The molecule has 0 bridgehead atoms. The van der Waals surface area contributed by atoms with Crippen LogP contribution in [0.3, 0.4) is 0 Å². The Labute approximate surface area is 166 Å². The van der Waals surface area contributed by atoms with Crippen molar-refractivity contribution in [3.8, 4) is 17.0 Å². The summed E-state index contributed by atoms with van der Waals surface area (Å²) in [6.07, 6.45) is 9.58. The minimum Gasteiger partial charge on any atom is -0.508 e. The zero-order valence-electron chi connectivity index (χ0n) is 16.4. The van der Waals surface area contributed by atoms with Gasteiger partial charge in [0.05, 0.1) is 11.3 Å². The minimum atomic E-state index is 0.0388. The Hall–Kier alpha value is -2.40. The molecule has 0 unspecified atom stereocenters. The van der Waals surface area contributed by atoms with Crippen LogP contribution in [0.15, 0.2) is 36.5 Å². The number of aromatic hydroxyl groups is 1. The van der Waals surface area contributed by atoms with Crippen LogP contribution < -0.4 is 5.32 Å². The summed E-state index contributed by atoms with van der Waals surface area (Å²) in [5, 5.41) is 13.9. The van der Waals surface area contributed by atoms with Gasteiger partial charge in [-0.1, -0.05) is 6.42 Å². The van der Waals surface area contributed by atoms with Crippen LogP contribution in [-0.4, -0.2) is 46.6 Å². The Balaban J connectivity index is 1.57. The molecule has 2 fully saturated rings. The summed E-state index contributed by atoms with van der Waals surface area (Å²) >= 11 is 0. The van der Waals surface area contributed by atoms with Crippen molar-refractivity contribution in [2.75, 3.05) is 19.6 Å². The van der Waals surface area contributed by atoms with Gasteiger partial charge >= 0.3 is 0 Å². The fourth-order valence-corrected chi connectivity index (χ4v) is 4.36. The zero-order chi connectivity index (χ0) is 19.3. The standard InChI is InChI=1S/C23H29N3O2/c27-20-15-17(8-9-19-6-1-2-10-24-19)14-18(16-20)22-21(7-5-11-25-22)23(28)26-12-3-4-13-26/h5,7,11,14-16,19,24,27H,1-4,6,8-10,12-13H2/t19-/m0/s1. The number of hydrogen-bond donors (Lipinski definition) is 2. The second-order valence-corrected chi connectivity index (χ2v) is 7.97. The van der Waals surface area contributed by atoms with Gasteiger partial charge in [0.2, 0.25) is 0 Å². The third kappa shape index (κ3) is 4.36. The number of amides is 1. The molecule has 5 nitrogen and oxygen atoms in total. The summed E-state index contributed by atoms with van der Waals surface area (Å²) in [5.74, 6) is 0.270. The van der Waals surface area contributed by atoms with Crippen LogP contribution in [-0.2, 0) is 6.42 Å². The first-order valence-corrected chi connectivity index (χ1v) is 10.5. The maximum atomic E-state index is 13.0. The Morgan fingerprint density at radius 3 is 2.82 bits per heavy atom. The number of aryl methyl sites for hydroxylation is 1. The summed E-state index contributed by atoms with van der Waals surface area (Å²) in [4.78, 5) is 19.4. The third-order valence-electron chi connectivity index (χ3n) is 5.88. The number of piperidine rings is 1. The van der Waals surface area contributed by atoms with Gasteiger partial charge in [0, 0.05) is 30.9 Å². The Morgan fingerprint density at radius 1 is 1.18 bits per heavy atom. The number of likely N-dealkylation sites (tertiary alicyclic amines) is 1. The van der Waals surface area contributed by atoms with Crippen molar-refractivity contribution in [3.63, 3.8) is 0 Å². The fraction of sp³-hybridized carbons (Fsp3) is 0.478. The van der Waals surface area contributed by atoms with Crippen LogP contribution in [0.4, 0.5) is 0 Å². The second kappa shape index (κ2) is 8.74. The number of benzene rings is 1. The predicted octanol–water partition coefficient (Wildman–Crippen LogP) is 3.76. The summed E-state index contributed by atoms with van der Waals surface area (Å²) < 4.78 is 0. The van der Waals surface area contributed by atoms with E-state index >= 15 is 0 Å². The van der Waals surface area contributed by atoms with Crippen LogP contribution in [0.5, 0.6) is 5.75 Å². The molecule has 2 aliphatic rings. The molecule has 3 heterocycles. The molecule has 0 saturated carbocycles. The smallest absolute Gasteiger partial charge is 0.256 e. The molecule has 1 aromatic carbocycles. The maximum Gasteiger partial charge on any atom is 0.256 e. The van der Waals surface area contributed by atoms with E-state index in [1.54, 1.807) is 12.3 Å². The van der Waals surface area contributed by atoms with Crippen molar-refractivity contribution in [1.29, 1.82) is 0 Å². The van der Waals surface area contributed by atoms with Crippen LogP contribution >= 0.6 is 0 Å². The maximum absolute atomic E-state index is 13.0. The molecule has 1 atom stereocenters. The molecule has 1 amide bonds. The lowest BCUT2D eigenvalue weighted by molar-refractivity contribution is 0.0793. The Bertz CT molecular complexity index is 824. The molecule has 2 aromatic rings. The van der Waals surface area contributed by atoms with Crippen molar-refractivity contribution in [2.24, 2.45) is 0 Å². The van der Waals surface area contributed by atoms with Gasteiger partial charge in [0.25, 0.3) is 5.91 Å². The van der Waals surface area contributed by atoms with Crippen molar-refractivity contribution in [2.45, 2.75) is 51.0 Å². The van der Waals surface area contributed by atoms with Gasteiger partial charge in [-0.15, -0.1) is 0 Å². The molecule has 28 heavy (non-hydrogen) atoms. The van der Waals surface area contributed by atoms with Crippen molar-refractivity contribution < 1.29 is 9.90 Å². The highest BCUT2D eigenvalue weighted by molar-refractivity contribution is 6.00. The van der Waals surface area contributed by atoms with E-state index < -0.39 is 0 Å². The number of pyridine rings is 1. The van der Waals surface area contributed by atoms with Gasteiger partial charge < -0.3 is 15.3 Å². The van der Waals surface area contributed by atoms with Crippen molar-refractivity contribution >= 4 is 5.91 Å². The van der Waals surface area contributed by atoms with E-state index in [0.29, 0.717) is 17.3 Å². The van der Waals surface area contributed by atoms with Crippen molar-refractivity contribution in [3.05, 3.63) is 47.7 Å². The quantitative estimate of drug-likeness (QED) is 0.830. The lowest BCUT2D eigenvalue weighted by atomic mass is 9.96. The van der Waals surface area contributed by atoms with Crippen LogP contribution in [0.1, 0.15) is 54.4 Å². The van der Waals surface area contributed by atoms with E-state index in [-0.39, 0.29) is 11.7 Å². The van der Waals surface area contributed by atoms with E-state index in [1.165, 1.54) is 19.3 Å². The molecule has 148 valence electrons. The number of carbonyl (C=O) groups is 1. The molecule has 0 spiro atoms. The molecule has 0 aliphatic carbocycles. The summed E-state index contributed by atoms with van der Waals surface area (Å²) in [6, 6.07) is 9.83. The second-order valence-electron chi connectivity index (χ2n) is 7.97. The normalized spacial score (nSPS) is 19.7. The Kier molecular flexibility index (Phi) is 5.91. The first kappa shape index (κ1) is 18.9. The largest absolute Gasteiger partial charge is 0.508 e. The summed E-state index contributed by atoms with van der Waals surface area (Å²) in [7, 11) is 0. The average molecular weight is 380 g/mol. The van der Waals surface area contributed by atoms with E-state index in [0.717, 1.165) is 56.4 Å². The van der Waals surface area contributed by atoms with E-state index in [9.17, 15) is 9.90 Å². The van der Waals surface area contributed by atoms with Gasteiger partial charge in [-0.05, 0) is 81.0 Å². The molecule has 4 rings (SSSR count). The van der Waals surface area contributed by atoms with Crippen LogP contribution in [0, 0.1) is 0 Å².